The second kappa shape index (κ2) is 8.70. The minimum absolute atomic E-state index is 0.00272. The van der Waals surface area contributed by atoms with Crippen LogP contribution in [0.4, 0.5) is 11.4 Å². The fourth-order valence-electron chi connectivity index (χ4n) is 5.28. The lowest BCUT2D eigenvalue weighted by molar-refractivity contribution is 0.0689. The SMILES string of the molecule is O=C(O)c1cc(N2CCN([C@H]3CC[C@@H](N4CCOc5ccccc54)CC3)CC2)cnn1. The van der Waals surface area contributed by atoms with Crippen LogP contribution in [0.3, 0.4) is 0 Å². The number of carboxylic acid groups (broad SMARTS) is 1. The number of carboxylic acids is 1. The summed E-state index contributed by atoms with van der Waals surface area (Å²) >= 11 is 0. The average Bonchev–Trinajstić information content (AvgIpc) is 2.84. The maximum atomic E-state index is 11.2. The van der Waals surface area contributed by atoms with Gasteiger partial charge in [0.25, 0.3) is 0 Å². The Morgan fingerprint density at radius 2 is 1.74 bits per heavy atom. The Morgan fingerprint density at radius 3 is 2.52 bits per heavy atom. The second-order valence-corrected chi connectivity index (χ2v) is 8.60. The highest BCUT2D eigenvalue weighted by molar-refractivity contribution is 5.86. The summed E-state index contributed by atoms with van der Waals surface area (Å²) in [5, 5.41) is 16.7. The van der Waals surface area contributed by atoms with Gasteiger partial charge in [0.2, 0.25) is 0 Å². The average molecular weight is 424 g/mol. The third-order valence-corrected chi connectivity index (χ3v) is 6.93. The van der Waals surface area contributed by atoms with Gasteiger partial charge in [-0.3, -0.25) is 4.90 Å². The van der Waals surface area contributed by atoms with Gasteiger partial charge < -0.3 is 19.6 Å². The van der Waals surface area contributed by atoms with Crippen LogP contribution in [-0.2, 0) is 0 Å². The summed E-state index contributed by atoms with van der Waals surface area (Å²) in [5.74, 6) is -0.0173. The molecule has 0 spiro atoms. The van der Waals surface area contributed by atoms with E-state index in [9.17, 15) is 4.79 Å². The maximum absolute atomic E-state index is 11.2. The molecule has 2 fully saturated rings. The summed E-state index contributed by atoms with van der Waals surface area (Å²) in [6, 6.07) is 11.3. The van der Waals surface area contributed by atoms with Crippen molar-refractivity contribution in [1.29, 1.82) is 0 Å². The van der Waals surface area contributed by atoms with Crippen molar-refractivity contribution in [3.05, 3.63) is 42.2 Å². The van der Waals surface area contributed by atoms with E-state index in [1.807, 2.05) is 6.07 Å². The van der Waals surface area contributed by atoms with Gasteiger partial charge in [0.05, 0.1) is 24.1 Å². The number of piperazine rings is 1. The molecule has 8 heteroatoms. The third-order valence-electron chi connectivity index (χ3n) is 6.93. The molecule has 0 amide bonds. The van der Waals surface area contributed by atoms with Gasteiger partial charge in [0.15, 0.2) is 5.69 Å². The molecule has 1 aromatic heterocycles. The van der Waals surface area contributed by atoms with Gasteiger partial charge in [-0.25, -0.2) is 4.79 Å². The minimum atomic E-state index is -1.03. The molecule has 0 bridgehead atoms. The van der Waals surface area contributed by atoms with Crippen LogP contribution >= 0.6 is 0 Å². The highest BCUT2D eigenvalue weighted by Crippen LogP contribution is 2.37. The van der Waals surface area contributed by atoms with Gasteiger partial charge in [0, 0.05) is 38.3 Å². The van der Waals surface area contributed by atoms with E-state index in [1.54, 1.807) is 12.3 Å². The van der Waals surface area contributed by atoms with E-state index < -0.39 is 5.97 Å². The Balaban J connectivity index is 1.15. The van der Waals surface area contributed by atoms with Gasteiger partial charge in [0.1, 0.15) is 12.4 Å². The fourth-order valence-corrected chi connectivity index (χ4v) is 5.28. The summed E-state index contributed by atoms with van der Waals surface area (Å²) < 4.78 is 5.83. The monoisotopic (exact) mass is 423 g/mol. The number of rotatable bonds is 4. The number of aromatic carboxylic acids is 1. The first-order valence-corrected chi connectivity index (χ1v) is 11.2. The molecule has 1 saturated carbocycles. The van der Waals surface area contributed by atoms with Gasteiger partial charge in [-0.15, -0.1) is 5.10 Å². The molecular weight excluding hydrogens is 394 g/mol. The van der Waals surface area contributed by atoms with Crippen LogP contribution in [0.15, 0.2) is 36.5 Å². The first kappa shape index (κ1) is 20.1. The van der Waals surface area contributed by atoms with Crippen LogP contribution in [-0.4, -0.2) is 77.6 Å². The van der Waals surface area contributed by atoms with Crippen molar-refractivity contribution in [1.82, 2.24) is 15.1 Å². The van der Waals surface area contributed by atoms with E-state index in [2.05, 4.69) is 43.1 Å². The number of hydrogen-bond donors (Lipinski definition) is 1. The molecule has 3 heterocycles. The van der Waals surface area contributed by atoms with Crippen LogP contribution in [0, 0.1) is 0 Å². The zero-order valence-corrected chi connectivity index (χ0v) is 17.7. The van der Waals surface area contributed by atoms with Gasteiger partial charge in [-0.1, -0.05) is 12.1 Å². The number of hydrogen-bond acceptors (Lipinski definition) is 7. The molecule has 0 radical (unpaired) electrons. The second-order valence-electron chi connectivity index (χ2n) is 8.60. The molecule has 5 rings (SSSR count). The van der Waals surface area contributed by atoms with E-state index in [-0.39, 0.29) is 5.69 Å². The molecule has 3 aliphatic rings. The number of para-hydroxylation sites is 2. The topological polar surface area (TPSA) is 82.0 Å². The molecule has 1 N–H and O–H groups in total. The van der Waals surface area contributed by atoms with E-state index in [1.165, 1.54) is 31.4 Å². The third kappa shape index (κ3) is 4.17. The molecule has 164 valence electrons. The summed E-state index contributed by atoms with van der Waals surface area (Å²) in [7, 11) is 0. The zero-order valence-electron chi connectivity index (χ0n) is 17.7. The Labute approximate surface area is 182 Å². The standard InChI is InChI=1S/C23H29N5O3/c29-23(30)20-15-19(16-24-25-20)27-11-9-26(10-12-27)17-5-7-18(8-6-17)28-13-14-31-22-4-2-1-3-21(22)28/h1-4,15-18H,5-14H2,(H,29,30)/t17-,18+. The van der Waals surface area contributed by atoms with Gasteiger partial charge in [-0.2, -0.15) is 5.10 Å². The van der Waals surface area contributed by atoms with Crippen molar-refractivity contribution in [3.8, 4) is 5.75 Å². The van der Waals surface area contributed by atoms with Crippen molar-refractivity contribution in [3.63, 3.8) is 0 Å². The summed E-state index contributed by atoms with van der Waals surface area (Å²) in [6.07, 6.45) is 6.55. The molecule has 1 aromatic carbocycles. The van der Waals surface area contributed by atoms with E-state index in [0.717, 1.165) is 50.8 Å². The zero-order chi connectivity index (χ0) is 21.2. The quantitative estimate of drug-likeness (QED) is 0.803. The van der Waals surface area contributed by atoms with Crippen molar-refractivity contribution in [2.45, 2.75) is 37.8 Å². The first-order valence-electron chi connectivity index (χ1n) is 11.2. The molecule has 2 aromatic rings. The predicted molar refractivity (Wildman–Crippen MR) is 118 cm³/mol. The van der Waals surface area contributed by atoms with Crippen LogP contribution in [0.1, 0.15) is 36.2 Å². The molecule has 8 nitrogen and oxygen atoms in total. The van der Waals surface area contributed by atoms with E-state index >= 15 is 0 Å². The summed E-state index contributed by atoms with van der Waals surface area (Å²) in [6.45, 7) is 5.53. The molecule has 0 atom stereocenters. The Morgan fingerprint density at radius 1 is 1.00 bits per heavy atom. The Kier molecular flexibility index (Phi) is 5.63. The van der Waals surface area contributed by atoms with Crippen molar-refractivity contribution in [2.24, 2.45) is 0 Å². The van der Waals surface area contributed by atoms with Crippen LogP contribution in [0.25, 0.3) is 0 Å². The normalized spacial score (nSPS) is 24.4. The number of carbonyl (C=O) groups is 1. The number of nitrogens with zero attached hydrogens (tertiary/aromatic N) is 5. The Hall–Kier alpha value is -2.87. The molecule has 1 aliphatic carbocycles. The number of anilines is 2. The largest absolute Gasteiger partial charge is 0.490 e. The fraction of sp³-hybridized carbons (Fsp3) is 0.522. The highest BCUT2D eigenvalue weighted by atomic mass is 16.5. The van der Waals surface area contributed by atoms with Gasteiger partial charge >= 0.3 is 5.97 Å². The summed E-state index contributed by atoms with van der Waals surface area (Å²) in [4.78, 5) is 18.6. The number of ether oxygens (including phenoxy) is 1. The molecular formula is C23H29N5O3. The lowest BCUT2D eigenvalue weighted by Crippen LogP contribution is -2.53. The number of benzene rings is 1. The molecule has 2 aliphatic heterocycles. The van der Waals surface area contributed by atoms with Crippen LogP contribution in [0.5, 0.6) is 5.75 Å². The summed E-state index contributed by atoms with van der Waals surface area (Å²) in [5.41, 5.74) is 2.10. The lowest BCUT2D eigenvalue weighted by atomic mass is 9.88. The van der Waals surface area contributed by atoms with Gasteiger partial charge in [-0.05, 0) is 43.9 Å². The van der Waals surface area contributed by atoms with Crippen LogP contribution < -0.4 is 14.5 Å². The van der Waals surface area contributed by atoms with E-state index in [4.69, 9.17) is 9.84 Å². The van der Waals surface area contributed by atoms with Crippen LogP contribution in [0.2, 0.25) is 0 Å². The van der Waals surface area contributed by atoms with Crippen molar-refractivity contribution in [2.75, 3.05) is 49.1 Å². The molecule has 0 unspecified atom stereocenters. The number of aromatic nitrogens is 2. The maximum Gasteiger partial charge on any atom is 0.356 e. The number of fused-ring (bicyclic) bond motifs is 1. The first-order chi connectivity index (χ1) is 15.2. The predicted octanol–water partition coefficient (Wildman–Crippen LogP) is 2.51. The Bertz CT molecular complexity index is 923. The lowest BCUT2D eigenvalue weighted by Gasteiger charge is -2.45. The molecule has 1 saturated heterocycles. The van der Waals surface area contributed by atoms with Crippen molar-refractivity contribution < 1.29 is 14.6 Å². The minimum Gasteiger partial charge on any atom is -0.490 e. The van der Waals surface area contributed by atoms with Crippen molar-refractivity contribution >= 4 is 17.3 Å². The highest BCUT2D eigenvalue weighted by Gasteiger charge is 2.32. The molecule has 31 heavy (non-hydrogen) atoms. The van der Waals surface area contributed by atoms with E-state index in [0.29, 0.717) is 12.1 Å². The smallest absolute Gasteiger partial charge is 0.356 e.